The molecule has 0 aliphatic carbocycles. The molecule has 6 nitrogen and oxygen atoms in total. The van der Waals surface area contributed by atoms with E-state index in [9.17, 15) is 9.59 Å². The van der Waals surface area contributed by atoms with Crippen LogP contribution < -0.4 is 0 Å². The molecule has 1 aliphatic rings. The SMILES string of the molecule is Cc1nn(-c2ccccc2)c(Cl)c1COC(=O)C1CCCN(C(=O)c2cccs2)C1. The number of esters is 1. The van der Waals surface area contributed by atoms with E-state index < -0.39 is 0 Å². The van der Waals surface area contributed by atoms with Crippen molar-refractivity contribution >= 4 is 34.8 Å². The van der Waals surface area contributed by atoms with Crippen LogP contribution in [0.4, 0.5) is 0 Å². The van der Waals surface area contributed by atoms with Crippen LogP contribution in [0.25, 0.3) is 5.69 Å². The van der Waals surface area contributed by atoms with Crippen molar-refractivity contribution in [1.29, 1.82) is 0 Å². The first-order valence-corrected chi connectivity index (χ1v) is 11.1. The number of amides is 1. The van der Waals surface area contributed by atoms with Crippen molar-refractivity contribution in [3.05, 3.63) is 69.1 Å². The molecule has 1 saturated heterocycles. The molecule has 1 fully saturated rings. The van der Waals surface area contributed by atoms with E-state index in [-0.39, 0.29) is 24.4 Å². The second-order valence-corrected chi connectivity index (χ2v) is 8.58. The van der Waals surface area contributed by atoms with Gasteiger partial charge < -0.3 is 9.64 Å². The van der Waals surface area contributed by atoms with Crippen LogP contribution in [0.3, 0.4) is 0 Å². The normalized spacial score (nSPS) is 16.5. The largest absolute Gasteiger partial charge is 0.460 e. The van der Waals surface area contributed by atoms with Crippen molar-refractivity contribution in [3.8, 4) is 5.69 Å². The molecule has 0 saturated carbocycles. The second-order valence-electron chi connectivity index (χ2n) is 7.28. The molecule has 156 valence electrons. The number of hydrogen-bond donors (Lipinski definition) is 0. The zero-order valence-corrected chi connectivity index (χ0v) is 18.2. The number of piperidine rings is 1. The van der Waals surface area contributed by atoms with Crippen LogP contribution in [0.5, 0.6) is 0 Å². The van der Waals surface area contributed by atoms with Gasteiger partial charge in [-0.3, -0.25) is 9.59 Å². The first kappa shape index (κ1) is 20.6. The summed E-state index contributed by atoms with van der Waals surface area (Å²) in [5.74, 6) is -0.655. The fraction of sp³-hybridized carbons (Fsp3) is 0.318. The van der Waals surface area contributed by atoms with Gasteiger partial charge in [0.15, 0.2) is 0 Å². The van der Waals surface area contributed by atoms with Gasteiger partial charge in [0.25, 0.3) is 5.91 Å². The number of carbonyl (C=O) groups excluding carboxylic acids is 2. The highest BCUT2D eigenvalue weighted by Gasteiger charge is 2.30. The highest BCUT2D eigenvalue weighted by atomic mass is 35.5. The van der Waals surface area contributed by atoms with Gasteiger partial charge >= 0.3 is 5.97 Å². The van der Waals surface area contributed by atoms with Crippen molar-refractivity contribution in [2.75, 3.05) is 13.1 Å². The lowest BCUT2D eigenvalue weighted by molar-refractivity contribution is -0.151. The Morgan fingerprint density at radius 3 is 2.77 bits per heavy atom. The van der Waals surface area contributed by atoms with Gasteiger partial charge in [-0.15, -0.1) is 11.3 Å². The van der Waals surface area contributed by atoms with E-state index in [0.717, 1.165) is 17.8 Å². The third-order valence-electron chi connectivity index (χ3n) is 5.26. The van der Waals surface area contributed by atoms with E-state index in [1.165, 1.54) is 11.3 Å². The summed E-state index contributed by atoms with van der Waals surface area (Å²) in [7, 11) is 0. The van der Waals surface area contributed by atoms with Crippen molar-refractivity contribution in [2.24, 2.45) is 5.92 Å². The number of halogens is 1. The lowest BCUT2D eigenvalue weighted by Crippen LogP contribution is -2.42. The first-order valence-electron chi connectivity index (χ1n) is 9.83. The number of nitrogens with zero attached hydrogens (tertiary/aromatic N) is 3. The van der Waals surface area contributed by atoms with E-state index in [1.54, 1.807) is 9.58 Å². The molecular formula is C22H22ClN3O3S. The Labute approximate surface area is 184 Å². The van der Waals surface area contributed by atoms with Crippen LogP contribution in [0, 0.1) is 12.8 Å². The van der Waals surface area contributed by atoms with E-state index in [2.05, 4.69) is 5.10 Å². The number of rotatable bonds is 5. The Hall–Kier alpha value is -2.64. The molecular weight excluding hydrogens is 422 g/mol. The highest BCUT2D eigenvalue weighted by Crippen LogP contribution is 2.26. The van der Waals surface area contributed by atoms with E-state index in [1.807, 2.05) is 54.8 Å². The number of para-hydroxylation sites is 1. The van der Waals surface area contributed by atoms with Crippen LogP contribution in [0.2, 0.25) is 5.15 Å². The molecule has 1 unspecified atom stereocenters. The molecule has 0 bridgehead atoms. The minimum Gasteiger partial charge on any atom is -0.460 e. The topological polar surface area (TPSA) is 64.4 Å². The Morgan fingerprint density at radius 2 is 2.03 bits per heavy atom. The van der Waals surface area contributed by atoms with Gasteiger partial charge in [0.05, 0.1) is 22.2 Å². The maximum Gasteiger partial charge on any atom is 0.311 e. The third-order valence-corrected chi connectivity index (χ3v) is 6.50. The predicted octanol–water partition coefficient (Wildman–Crippen LogP) is 4.49. The average Bonchev–Trinajstić information content (AvgIpc) is 3.41. The van der Waals surface area contributed by atoms with E-state index in [0.29, 0.717) is 35.1 Å². The summed E-state index contributed by atoms with van der Waals surface area (Å²) in [5.41, 5.74) is 2.25. The summed E-state index contributed by atoms with van der Waals surface area (Å²) in [6.07, 6.45) is 1.49. The van der Waals surface area contributed by atoms with Crippen molar-refractivity contribution in [3.63, 3.8) is 0 Å². The number of aromatic nitrogens is 2. The molecule has 1 aromatic carbocycles. The van der Waals surface area contributed by atoms with Gasteiger partial charge in [0, 0.05) is 18.7 Å². The standard InChI is InChI=1S/C22H22ClN3O3S/c1-15-18(20(23)26(24-15)17-8-3-2-4-9-17)14-29-22(28)16-7-5-11-25(13-16)21(27)19-10-6-12-30-19/h2-4,6,8-10,12,16H,5,7,11,13-14H2,1H3. The van der Waals surface area contributed by atoms with Crippen LogP contribution in [0.1, 0.15) is 33.8 Å². The number of ether oxygens (including phenoxy) is 1. The quantitative estimate of drug-likeness (QED) is 0.545. The molecule has 1 amide bonds. The van der Waals surface area contributed by atoms with Gasteiger partial charge in [-0.1, -0.05) is 35.9 Å². The number of thiophene rings is 1. The fourth-order valence-electron chi connectivity index (χ4n) is 3.61. The average molecular weight is 444 g/mol. The maximum absolute atomic E-state index is 12.7. The number of aryl methyl sites for hydroxylation is 1. The van der Waals surface area contributed by atoms with Gasteiger partial charge in [0.2, 0.25) is 0 Å². The minimum atomic E-state index is -0.328. The van der Waals surface area contributed by atoms with Gasteiger partial charge in [0.1, 0.15) is 11.8 Å². The molecule has 4 rings (SSSR count). The summed E-state index contributed by atoms with van der Waals surface area (Å²) in [6, 6.07) is 13.2. The zero-order valence-electron chi connectivity index (χ0n) is 16.6. The summed E-state index contributed by atoms with van der Waals surface area (Å²) >= 11 is 7.93. The molecule has 30 heavy (non-hydrogen) atoms. The summed E-state index contributed by atoms with van der Waals surface area (Å²) < 4.78 is 7.23. The number of carbonyl (C=O) groups is 2. The Morgan fingerprint density at radius 1 is 1.23 bits per heavy atom. The number of benzene rings is 1. The number of likely N-dealkylation sites (tertiary alicyclic amines) is 1. The van der Waals surface area contributed by atoms with Gasteiger partial charge in [-0.05, 0) is 43.3 Å². The van der Waals surface area contributed by atoms with Crippen LogP contribution in [-0.4, -0.2) is 39.6 Å². The Bertz CT molecular complexity index is 1030. The Kier molecular flexibility index (Phi) is 6.20. The maximum atomic E-state index is 12.7. The molecule has 1 aliphatic heterocycles. The fourth-order valence-corrected chi connectivity index (χ4v) is 4.62. The minimum absolute atomic E-state index is 0.0227. The first-order chi connectivity index (χ1) is 14.5. The second kappa shape index (κ2) is 9.02. The zero-order chi connectivity index (χ0) is 21.1. The van der Waals surface area contributed by atoms with Crippen LogP contribution in [-0.2, 0) is 16.1 Å². The van der Waals surface area contributed by atoms with Crippen molar-refractivity contribution in [1.82, 2.24) is 14.7 Å². The monoisotopic (exact) mass is 443 g/mol. The van der Waals surface area contributed by atoms with Gasteiger partial charge in [-0.25, -0.2) is 4.68 Å². The van der Waals surface area contributed by atoms with Crippen molar-refractivity contribution in [2.45, 2.75) is 26.4 Å². The molecule has 0 N–H and O–H groups in total. The summed E-state index contributed by atoms with van der Waals surface area (Å²) in [6.45, 7) is 2.95. The predicted molar refractivity (Wildman–Crippen MR) is 116 cm³/mol. The Balaban J connectivity index is 1.40. The van der Waals surface area contributed by atoms with Gasteiger partial charge in [-0.2, -0.15) is 5.10 Å². The molecule has 3 heterocycles. The summed E-state index contributed by atoms with van der Waals surface area (Å²) in [5, 5.41) is 6.79. The molecule has 2 aromatic heterocycles. The van der Waals surface area contributed by atoms with E-state index in [4.69, 9.17) is 16.3 Å². The van der Waals surface area contributed by atoms with Crippen molar-refractivity contribution < 1.29 is 14.3 Å². The number of hydrogen-bond acceptors (Lipinski definition) is 5. The van der Waals surface area contributed by atoms with E-state index >= 15 is 0 Å². The lowest BCUT2D eigenvalue weighted by atomic mass is 9.98. The molecule has 3 aromatic rings. The third kappa shape index (κ3) is 4.27. The highest BCUT2D eigenvalue weighted by molar-refractivity contribution is 7.12. The molecule has 0 radical (unpaired) electrons. The summed E-state index contributed by atoms with van der Waals surface area (Å²) in [4.78, 5) is 27.7. The smallest absolute Gasteiger partial charge is 0.311 e. The molecule has 1 atom stereocenters. The molecule has 8 heteroatoms. The van der Waals surface area contributed by atoms with Crippen LogP contribution in [0.15, 0.2) is 47.8 Å². The van der Waals surface area contributed by atoms with Crippen LogP contribution >= 0.6 is 22.9 Å². The molecule has 0 spiro atoms. The lowest BCUT2D eigenvalue weighted by Gasteiger charge is -2.31.